The van der Waals surface area contributed by atoms with Crippen molar-refractivity contribution in [2.24, 2.45) is 28.6 Å². The standard InChI is InChI=1S/C21H28ClFO3/c1-11(24)26-18-5-4-14-13-9-16(22)15-8-12(25)6-7-20(15,2)19(13)17(23)10-21(14,18)3/h8,13-14,16-19H,4-7,9-10H2,1-3H3/t13-,14-,16-,17-,18-,19+,20-,21-/m0/s1. The fourth-order valence-corrected chi connectivity index (χ4v) is 7.49. The third-order valence-electron chi connectivity index (χ3n) is 8.05. The summed E-state index contributed by atoms with van der Waals surface area (Å²) >= 11 is 6.74. The number of fused-ring (bicyclic) bond motifs is 5. The van der Waals surface area contributed by atoms with Crippen LogP contribution in [0.2, 0.25) is 0 Å². The molecular weight excluding hydrogens is 355 g/mol. The van der Waals surface area contributed by atoms with E-state index in [2.05, 4.69) is 13.8 Å². The fraction of sp³-hybridized carbons (Fsp3) is 0.810. The summed E-state index contributed by atoms with van der Waals surface area (Å²) < 4.78 is 21.2. The molecule has 0 unspecified atom stereocenters. The van der Waals surface area contributed by atoms with E-state index < -0.39 is 6.17 Å². The van der Waals surface area contributed by atoms with Gasteiger partial charge in [-0.25, -0.2) is 4.39 Å². The second kappa shape index (κ2) is 6.05. The quantitative estimate of drug-likeness (QED) is 0.491. The molecule has 0 amide bonds. The molecule has 0 N–H and O–H groups in total. The molecule has 0 aromatic rings. The number of ketones is 1. The molecule has 4 rings (SSSR count). The van der Waals surface area contributed by atoms with Gasteiger partial charge in [-0.1, -0.05) is 13.8 Å². The molecule has 3 fully saturated rings. The van der Waals surface area contributed by atoms with Gasteiger partial charge in [-0.05, 0) is 61.0 Å². The lowest BCUT2D eigenvalue weighted by atomic mass is 9.46. The molecule has 0 bridgehead atoms. The van der Waals surface area contributed by atoms with E-state index in [1.54, 1.807) is 6.08 Å². The molecule has 3 saturated carbocycles. The highest BCUT2D eigenvalue weighted by atomic mass is 35.5. The van der Waals surface area contributed by atoms with Crippen molar-refractivity contribution in [1.29, 1.82) is 0 Å². The molecule has 4 aliphatic carbocycles. The minimum Gasteiger partial charge on any atom is -0.462 e. The molecule has 0 heterocycles. The number of esters is 1. The molecule has 8 atom stereocenters. The predicted octanol–water partition coefficient (Wildman–Crippen LogP) is 4.62. The van der Waals surface area contributed by atoms with Gasteiger partial charge in [-0.2, -0.15) is 0 Å². The lowest BCUT2D eigenvalue weighted by Gasteiger charge is -2.59. The van der Waals surface area contributed by atoms with Crippen LogP contribution in [-0.2, 0) is 14.3 Å². The van der Waals surface area contributed by atoms with Crippen LogP contribution in [0, 0.1) is 28.6 Å². The van der Waals surface area contributed by atoms with Crippen molar-refractivity contribution >= 4 is 23.4 Å². The highest BCUT2D eigenvalue weighted by molar-refractivity contribution is 6.23. The van der Waals surface area contributed by atoms with Gasteiger partial charge < -0.3 is 4.74 Å². The number of alkyl halides is 2. The van der Waals surface area contributed by atoms with E-state index in [-0.39, 0.29) is 45.9 Å². The molecule has 144 valence electrons. The topological polar surface area (TPSA) is 43.4 Å². The maximum absolute atomic E-state index is 15.7. The summed E-state index contributed by atoms with van der Waals surface area (Å²) in [5.74, 6) is 0.249. The van der Waals surface area contributed by atoms with Crippen molar-refractivity contribution in [3.05, 3.63) is 11.6 Å². The number of allylic oxidation sites excluding steroid dienone is 1. The van der Waals surface area contributed by atoms with Gasteiger partial charge in [0.1, 0.15) is 12.3 Å². The lowest BCUT2D eigenvalue weighted by Crippen LogP contribution is -2.58. The predicted molar refractivity (Wildman–Crippen MR) is 97.6 cm³/mol. The molecule has 0 saturated heterocycles. The highest BCUT2D eigenvalue weighted by Crippen LogP contribution is 2.66. The zero-order valence-electron chi connectivity index (χ0n) is 15.8. The Morgan fingerprint density at radius 3 is 2.77 bits per heavy atom. The summed E-state index contributed by atoms with van der Waals surface area (Å²) in [6.45, 7) is 5.65. The largest absolute Gasteiger partial charge is 0.462 e. The molecular formula is C21H28ClFO3. The third-order valence-corrected chi connectivity index (χ3v) is 8.47. The van der Waals surface area contributed by atoms with Crippen molar-refractivity contribution in [3.8, 4) is 0 Å². The van der Waals surface area contributed by atoms with Crippen LogP contribution in [0.1, 0.15) is 59.3 Å². The first-order valence-corrected chi connectivity index (χ1v) is 10.3. The van der Waals surface area contributed by atoms with E-state index in [0.717, 1.165) is 18.4 Å². The number of rotatable bonds is 1. The fourth-order valence-electron chi connectivity index (χ4n) is 6.97. The molecule has 0 aliphatic heterocycles. The Bertz CT molecular complexity index is 676. The van der Waals surface area contributed by atoms with Gasteiger partial charge in [0.05, 0.1) is 5.38 Å². The van der Waals surface area contributed by atoms with Gasteiger partial charge in [0, 0.05) is 24.7 Å². The third kappa shape index (κ3) is 2.51. The normalized spacial score (nSPS) is 50.3. The zero-order valence-corrected chi connectivity index (χ0v) is 16.5. The number of hydrogen-bond donors (Lipinski definition) is 0. The molecule has 26 heavy (non-hydrogen) atoms. The zero-order chi connectivity index (χ0) is 18.9. The Morgan fingerprint density at radius 1 is 1.35 bits per heavy atom. The van der Waals surface area contributed by atoms with Crippen molar-refractivity contribution in [2.75, 3.05) is 0 Å². The lowest BCUT2D eigenvalue weighted by molar-refractivity contribution is -0.162. The van der Waals surface area contributed by atoms with Crippen LogP contribution in [0.25, 0.3) is 0 Å². The molecule has 5 heteroatoms. The number of carbonyl (C=O) groups is 2. The molecule has 0 radical (unpaired) electrons. The number of hydrogen-bond acceptors (Lipinski definition) is 3. The van der Waals surface area contributed by atoms with Crippen molar-refractivity contribution in [1.82, 2.24) is 0 Å². The average Bonchev–Trinajstić information content (AvgIpc) is 2.84. The van der Waals surface area contributed by atoms with E-state index in [1.807, 2.05) is 0 Å². The SMILES string of the molecule is CC(=O)O[C@H]1CC[C@H]2[C@@H]3C[C@H](Cl)C4=CC(=O)CC[C@]4(C)[C@H]3[C@@H](F)C[C@]12C. The van der Waals surface area contributed by atoms with Crippen LogP contribution >= 0.6 is 11.6 Å². The number of halogens is 2. The van der Waals surface area contributed by atoms with E-state index in [4.69, 9.17) is 16.3 Å². The van der Waals surface area contributed by atoms with Crippen LogP contribution in [-0.4, -0.2) is 29.4 Å². The van der Waals surface area contributed by atoms with Gasteiger partial charge in [-0.15, -0.1) is 11.6 Å². The van der Waals surface area contributed by atoms with E-state index in [9.17, 15) is 9.59 Å². The Kier molecular flexibility index (Phi) is 4.30. The minimum absolute atomic E-state index is 0.0917. The Hall–Kier alpha value is -0.900. The van der Waals surface area contributed by atoms with Gasteiger partial charge in [0.15, 0.2) is 5.78 Å². The smallest absolute Gasteiger partial charge is 0.302 e. The van der Waals surface area contributed by atoms with Crippen molar-refractivity contribution in [2.45, 2.75) is 76.9 Å². The van der Waals surface area contributed by atoms with Crippen LogP contribution in [0.3, 0.4) is 0 Å². The second-order valence-electron chi connectivity index (χ2n) is 9.38. The summed E-state index contributed by atoms with van der Waals surface area (Å²) in [6, 6.07) is 0. The Balaban J connectivity index is 1.71. The van der Waals surface area contributed by atoms with Crippen LogP contribution in [0.15, 0.2) is 11.6 Å². The van der Waals surface area contributed by atoms with Crippen LogP contribution < -0.4 is 0 Å². The monoisotopic (exact) mass is 382 g/mol. The van der Waals surface area contributed by atoms with Crippen LogP contribution in [0.4, 0.5) is 4.39 Å². The van der Waals surface area contributed by atoms with Gasteiger partial charge >= 0.3 is 5.97 Å². The molecule has 0 aromatic carbocycles. The summed E-state index contributed by atoms with van der Waals surface area (Å²) in [4.78, 5) is 23.5. The first kappa shape index (κ1) is 18.5. The Labute approximate surface area is 159 Å². The molecule has 0 spiro atoms. The highest BCUT2D eigenvalue weighted by Gasteiger charge is 2.64. The van der Waals surface area contributed by atoms with Gasteiger partial charge in [-0.3, -0.25) is 9.59 Å². The van der Waals surface area contributed by atoms with Crippen LogP contribution in [0.5, 0.6) is 0 Å². The maximum Gasteiger partial charge on any atom is 0.302 e. The van der Waals surface area contributed by atoms with E-state index >= 15 is 4.39 Å². The number of carbonyl (C=O) groups excluding carboxylic acids is 2. The van der Waals surface area contributed by atoms with Gasteiger partial charge in [0.25, 0.3) is 0 Å². The number of ether oxygens (including phenoxy) is 1. The maximum atomic E-state index is 15.7. The Morgan fingerprint density at radius 2 is 2.08 bits per heavy atom. The van der Waals surface area contributed by atoms with Crippen molar-refractivity contribution in [3.63, 3.8) is 0 Å². The molecule has 3 nitrogen and oxygen atoms in total. The average molecular weight is 383 g/mol. The summed E-state index contributed by atoms with van der Waals surface area (Å²) in [5.41, 5.74) is 0.312. The molecule has 4 aliphatic rings. The van der Waals surface area contributed by atoms with E-state index in [1.165, 1.54) is 6.92 Å². The first-order valence-electron chi connectivity index (χ1n) is 9.87. The first-order chi connectivity index (χ1) is 12.2. The molecule has 0 aromatic heterocycles. The van der Waals surface area contributed by atoms with Gasteiger partial charge in [0.2, 0.25) is 0 Å². The summed E-state index contributed by atoms with van der Waals surface area (Å²) in [6.07, 6.45) is 4.64. The minimum atomic E-state index is -0.955. The van der Waals surface area contributed by atoms with Crippen molar-refractivity contribution < 1.29 is 18.7 Å². The second-order valence-corrected chi connectivity index (χ2v) is 9.91. The summed E-state index contributed by atoms with van der Waals surface area (Å²) in [7, 11) is 0. The van der Waals surface area contributed by atoms with E-state index in [0.29, 0.717) is 31.6 Å². The summed E-state index contributed by atoms with van der Waals surface area (Å²) in [5, 5.41) is -0.201.